The molecule has 1 aromatic rings. The molecule has 0 fully saturated rings. The van der Waals surface area contributed by atoms with Crippen LogP contribution in [0.2, 0.25) is 0 Å². The molecule has 3 nitrogen and oxygen atoms in total. The molecule has 2 N–H and O–H groups in total. The van der Waals surface area contributed by atoms with Gasteiger partial charge in [-0.3, -0.25) is 0 Å². The highest BCUT2D eigenvalue weighted by atomic mass is 32.2. The van der Waals surface area contributed by atoms with Gasteiger partial charge in [0.05, 0.1) is 7.11 Å². The van der Waals surface area contributed by atoms with Crippen molar-refractivity contribution in [2.24, 2.45) is 0 Å². The molecule has 0 atom stereocenters. The van der Waals surface area contributed by atoms with E-state index in [4.69, 9.17) is 14.8 Å². The van der Waals surface area contributed by atoms with E-state index >= 15 is 0 Å². The Balaban J connectivity index is 2.80. The number of thioether (sulfide) groups is 1. The number of ether oxygens (including phenoxy) is 1. The van der Waals surface area contributed by atoms with Gasteiger partial charge in [-0.15, -0.1) is 0 Å². The van der Waals surface area contributed by atoms with E-state index in [1.807, 2.05) is 11.8 Å². The molecule has 0 unspecified atom stereocenters. The van der Waals surface area contributed by atoms with Crippen LogP contribution in [0.3, 0.4) is 0 Å². The maximum absolute atomic E-state index is 9.09. The first kappa shape index (κ1) is 13.4. The van der Waals surface area contributed by atoms with E-state index < -0.39 is 7.12 Å². The molecule has 0 aliphatic carbocycles. The van der Waals surface area contributed by atoms with Gasteiger partial charge in [-0.1, -0.05) is 19.1 Å². The molecule has 0 radical (unpaired) electrons. The maximum Gasteiger partial charge on any atom is 0.488 e. The third-order valence-corrected chi connectivity index (χ3v) is 3.42. The van der Waals surface area contributed by atoms with Crippen molar-refractivity contribution >= 4 is 24.3 Å². The summed E-state index contributed by atoms with van der Waals surface area (Å²) in [5, 5.41) is 18.2. The predicted octanol–water partition coefficient (Wildman–Crippen LogP) is 1.02. The second kappa shape index (κ2) is 6.83. The normalized spacial score (nSPS) is 10.2. The van der Waals surface area contributed by atoms with Crippen molar-refractivity contribution < 1.29 is 14.8 Å². The van der Waals surface area contributed by atoms with Crippen LogP contribution >= 0.6 is 11.8 Å². The number of hydrogen-bond donors (Lipinski definition) is 2. The largest absolute Gasteiger partial charge is 0.496 e. The average molecular weight is 240 g/mol. The van der Waals surface area contributed by atoms with Crippen molar-refractivity contribution in [3.8, 4) is 5.75 Å². The first-order valence-corrected chi connectivity index (χ1v) is 6.45. The molecule has 5 heteroatoms. The van der Waals surface area contributed by atoms with Crippen molar-refractivity contribution in [2.75, 3.05) is 12.9 Å². The zero-order valence-electron chi connectivity index (χ0n) is 9.64. The minimum atomic E-state index is -1.42. The summed E-state index contributed by atoms with van der Waals surface area (Å²) < 4.78 is 5.23. The third kappa shape index (κ3) is 3.74. The van der Waals surface area contributed by atoms with Crippen LogP contribution in [0.1, 0.15) is 18.9 Å². The smallest absolute Gasteiger partial charge is 0.488 e. The maximum atomic E-state index is 9.09. The van der Waals surface area contributed by atoms with Crippen molar-refractivity contribution in [2.45, 2.75) is 19.1 Å². The van der Waals surface area contributed by atoms with E-state index in [1.54, 1.807) is 25.3 Å². The molecule has 0 spiro atoms. The molecule has 0 aromatic heterocycles. The fourth-order valence-corrected chi connectivity index (χ4v) is 2.28. The second-order valence-electron chi connectivity index (χ2n) is 3.50. The van der Waals surface area contributed by atoms with Crippen molar-refractivity contribution in [3.05, 3.63) is 23.8 Å². The van der Waals surface area contributed by atoms with Crippen LogP contribution < -0.4 is 10.2 Å². The van der Waals surface area contributed by atoms with Gasteiger partial charge in [0.1, 0.15) is 5.75 Å². The van der Waals surface area contributed by atoms with Crippen LogP contribution in [-0.2, 0) is 5.75 Å². The van der Waals surface area contributed by atoms with Crippen molar-refractivity contribution in [1.29, 1.82) is 0 Å². The van der Waals surface area contributed by atoms with Crippen LogP contribution in [0.4, 0.5) is 0 Å². The van der Waals surface area contributed by atoms with Gasteiger partial charge in [0.2, 0.25) is 0 Å². The van der Waals surface area contributed by atoms with Gasteiger partial charge in [0.25, 0.3) is 0 Å². The Morgan fingerprint density at radius 2 is 2.12 bits per heavy atom. The summed E-state index contributed by atoms with van der Waals surface area (Å²) in [5.41, 5.74) is 1.51. The monoisotopic (exact) mass is 240 g/mol. The molecule has 1 aromatic carbocycles. The Labute approximate surface area is 101 Å². The Morgan fingerprint density at radius 1 is 1.38 bits per heavy atom. The highest BCUT2D eigenvalue weighted by molar-refractivity contribution is 7.98. The SMILES string of the molecule is CCCSCc1cc(B(O)O)ccc1OC. The van der Waals surface area contributed by atoms with E-state index in [2.05, 4.69) is 6.92 Å². The van der Waals surface area contributed by atoms with E-state index in [1.165, 1.54) is 0 Å². The van der Waals surface area contributed by atoms with Crippen LogP contribution in [0.15, 0.2) is 18.2 Å². The average Bonchev–Trinajstić information content (AvgIpc) is 2.29. The molecule has 88 valence electrons. The Hall–Kier alpha value is -0.645. The van der Waals surface area contributed by atoms with Gasteiger partial charge in [0.15, 0.2) is 0 Å². The molecule has 0 aliphatic rings. The van der Waals surface area contributed by atoms with E-state index in [0.717, 1.165) is 29.2 Å². The number of rotatable bonds is 6. The molecular formula is C11H17BO3S. The summed E-state index contributed by atoms with van der Waals surface area (Å²) >= 11 is 1.81. The third-order valence-electron chi connectivity index (χ3n) is 2.21. The van der Waals surface area contributed by atoms with Crippen molar-refractivity contribution in [3.63, 3.8) is 0 Å². The molecule has 0 saturated carbocycles. The molecule has 0 amide bonds. The first-order valence-electron chi connectivity index (χ1n) is 5.29. The molecule has 0 bridgehead atoms. The van der Waals surface area contributed by atoms with E-state index in [0.29, 0.717) is 5.46 Å². The molecule has 16 heavy (non-hydrogen) atoms. The molecule has 0 saturated heterocycles. The quantitative estimate of drug-likeness (QED) is 0.575. The van der Waals surface area contributed by atoms with Gasteiger partial charge < -0.3 is 14.8 Å². The van der Waals surface area contributed by atoms with E-state index in [-0.39, 0.29) is 0 Å². The molecular weight excluding hydrogens is 223 g/mol. The Morgan fingerprint density at radius 3 is 2.69 bits per heavy atom. The minimum absolute atomic E-state index is 0.507. The van der Waals surface area contributed by atoms with Gasteiger partial charge >= 0.3 is 7.12 Å². The van der Waals surface area contributed by atoms with Gasteiger partial charge in [-0.25, -0.2) is 0 Å². The number of hydrogen-bond acceptors (Lipinski definition) is 4. The van der Waals surface area contributed by atoms with Crippen LogP contribution in [0.25, 0.3) is 0 Å². The van der Waals surface area contributed by atoms with Crippen LogP contribution in [0.5, 0.6) is 5.75 Å². The number of methoxy groups -OCH3 is 1. The Bertz CT molecular complexity index is 331. The van der Waals surface area contributed by atoms with Crippen LogP contribution in [0, 0.1) is 0 Å². The molecule has 0 heterocycles. The molecule has 1 rings (SSSR count). The fraction of sp³-hybridized carbons (Fsp3) is 0.455. The highest BCUT2D eigenvalue weighted by Crippen LogP contribution is 2.22. The summed E-state index contributed by atoms with van der Waals surface area (Å²) in [7, 11) is 0.207. The zero-order valence-corrected chi connectivity index (χ0v) is 10.5. The zero-order chi connectivity index (χ0) is 12.0. The lowest BCUT2D eigenvalue weighted by molar-refractivity contribution is 0.410. The second-order valence-corrected chi connectivity index (χ2v) is 4.60. The minimum Gasteiger partial charge on any atom is -0.496 e. The lowest BCUT2D eigenvalue weighted by atomic mass is 9.79. The summed E-state index contributed by atoms with van der Waals surface area (Å²) in [6.45, 7) is 2.14. The number of benzene rings is 1. The standard InChI is InChI=1S/C11H17BO3S/c1-3-6-16-8-9-7-10(12(13)14)4-5-11(9)15-2/h4-5,7,13-14H,3,6,8H2,1-2H3. The van der Waals surface area contributed by atoms with Gasteiger partial charge in [-0.2, -0.15) is 11.8 Å². The topological polar surface area (TPSA) is 49.7 Å². The van der Waals surface area contributed by atoms with E-state index in [9.17, 15) is 0 Å². The van der Waals surface area contributed by atoms with Crippen LogP contribution in [-0.4, -0.2) is 30.0 Å². The lowest BCUT2D eigenvalue weighted by Gasteiger charge is -2.10. The van der Waals surface area contributed by atoms with Gasteiger partial charge in [0, 0.05) is 11.3 Å². The van der Waals surface area contributed by atoms with Gasteiger partial charge in [-0.05, 0) is 23.7 Å². The first-order chi connectivity index (χ1) is 7.69. The highest BCUT2D eigenvalue weighted by Gasteiger charge is 2.13. The summed E-state index contributed by atoms with van der Waals surface area (Å²) in [4.78, 5) is 0. The summed E-state index contributed by atoms with van der Waals surface area (Å²) in [5.74, 6) is 2.72. The molecule has 0 aliphatic heterocycles. The van der Waals surface area contributed by atoms with Crippen molar-refractivity contribution in [1.82, 2.24) is 0 Å². The Kier molecular flexibility index (Phi) is 5.73. The summed E-state index contributed by atoms with van der Waals surface area (Å²) in [6.07, 6.45) is 1.13. The summed E-state index contributed by atoms with van der Waals surface area (Å²) in [6, 6.07) is 5.22. The predicted molar refractivity (Wildman–Crippen MR) is 69.3 cm³/mol. The lowest BCUT2D eigenvalue weighted by Crippen LogP contribution is -2.30. The fourth-order valence-electron chi connectivity index (χ4n) is 1.40.